The van der Waals surface area contributed by atoms with Gasteiger partial charge in [-0.1, -0.05) is 131 Å². The fraction of sp³-hybridized carbons (Fsp3) is 0.125. The number of esters is 1. The highest BCUT2D eigenvalue weighted by Crippen LogP contribution is 2.45. The maximum atomic E-state index is 11.6. The molecule has 11 heteroatoms. The Balaban J connectivity index is 0.000000188. The van der Waals surface area contributed by atoms with Crippen molar-refractivity contribution < 1.29 is 24.2 Å². The van der Waals surface area contributed by atoms with Crippen LogP contribution < -0.4 is 0 Å². The van der Waals surface area contributed by atoms with Crippen molar-refractivity contribution in [3.63, 3.8) is 0 Å². The van der Waals surface area contributed by atoms with Crippen LogP contribution in [0.5, 0.6) is 0 Å². The molecular weight excluding hydrogens is 632 g/mol. The zero-order valence-electron chi connectivity index (χ0n) is 22.5. The van der Waals surface area contributed by atoms with Gasteiger partial charge in [-0.2, -0.15) is 10.1 Å². The Morgan fingerprint density at radius 1 is 0.744 bits per heavy atom. The molecule has 0 saturated carbocycles. The molecule has 0 aliphatic heterocycles. The van der Waals surface area contributed by atoms with Crippen LogP contribution >= 0.6 is 46.4 Å². The third-order valence-electron chi connectivity index (χ3n) is 6.13. The highest BCUT2D eigenvalue weighted by atomic mass is 35.5. The van der Waals surface area contributed by atoms with Crippen LogP contribution in [0.1, 0.15) is 35.3 Å². The van der Waals surface area contributed by atoms with Gasteiger partial charge in [-0.15, -0.1) is 0 Å². The molecule has 0 heterocycles. The maximum Gasteiger partial charge on any atom is 0.340 e. The Kier molecular flexibility index (Phi) is 12.3. The van der Waals surface area contributed by atoms with Gasteiger partial charge < -0.3 is 15.4 Å². The van der Waals surface area contributed by atoms with E-state index in [4.69, 9.17) is 67.0 Å². The summed E-state index contributed by atoms with van der Waals surface area (Å²) in [4.78, 5) is 22.0. The van der Waals surface area contributed by atoms with Crippen LogP contribution in [0.15, 0.2) is 97.1 Å². The number of carboxylic acids is 1. The fourth-order valence-corrected chi connectivity index (χ4v) is 4.61. The van der Waals surface area contributed by atoms with Crippen molar-refractivity contribution in [1.29, 1.82) is 5.26 Å². The minimum atomic E-state index is -1.29. The molecule has 4 aromatic carbocycles. The van der Waals surface area contributed by atoms with Crippen molar-refractivity contribution in [3.05, 3.63) is 125 Å². The standard InChI is InChI=1S/C15H10Cl2O2.C13H8N2.C2H2Cl2O2.C2H3N/c16-14(17)15(18)19-13-11-7-3-1-5-9(11)10-6-2-4-8-12(10)13;14-15-13-11-7-3-1-5-9(11)10-6-2-4-8-12(10)13;3-1(4)2(5)6;1-2-3/h1-8,13-14H;1-8H;1H,(H,5,6);1H3. The zero-order valence-corrected chi connectivity index (χ0v) is 25.5. The average molecular weight is 655 g/mol. The summed E-state index contributed by atoms with van der Waals surface area (Å²) in [5, 5.41) is 15.0. The van der Waals surface area contributed by atoms with E-state index < -0.39 is 27.7 Å². The van der Waals surface area contributed by atoms with Crippen LogP contribution in [0.4, 0.5) is 0 Å². The Labute approximate surface area is 268 Å². The third-order valence-corrected chi connectivity index (χ3v) is 6.86. The number of fused-ring (bicyclic) bond motifs is 6. The van der Waals surface area contributed by atoms with Gasteiger partial charge in [-0.05, 0) is 34.4 Å². The lowest BCUT2D eigenvalue weighted by molar-refractivity contribution is -0.145. The smallest absolute Gasteiger partial charge is 0.340 e. The summed E-state index contributed by atoms with van der Waals surface area (Å²) >= 11 is 20.7. The average Bonchev–Trinajstić information content (AvgIpc) is 3.51. The Hall–Kier alpha value is -4.15. The van der Waals surface area contributed by atoms with Gasteiger partial charge in [0.1, 0.15) is 0 Å². The fourth-order valence-electron chi connectivity index (χ4n) is 4.51. The van der Waals surface area contributed by atoms with E-state index in [1.165, 1.54) is 6.92 Å². The number of nitrogens with zero attached hydrogens (tertiary/aromatic N) is 3. The van der Waals surface area contributed by atoms with E-state index in [2.05, 4.69) is 4.79 Å². The number of hydrogen-bond acceptors (Lipinski definition) is 4. The molecule has 0 bridgehead atoms. The van der Waals surface area contributed by atoms with Crippen LogP contribution in [0, 0.1) is 11.3 Å². The molecule has 0 unspecified atom stereocenters. The van der Waals surface area contributed by atoms with Gasteiger partial charge >= 0.3 is 17.7 Å². The summed E-state index contributed by atoms with van der Waals surface area (Å²) < 4.78 is 5.42. The van der Waals surface area contributed by atoms with Gasteiger partial charge in [-0.3, -0.25) is 0 Å². The molecule has 0 aromatic heterocycles. The van der Waals surface area contributed by atoms with Gasteiger partial charge in [0, 0.05) is 18.1 Å². The first kappa shape index (κ1) is 33.4. The normalized spacial score (nSPS) is 11.4. The van der Waals surface area contributed by atoms with E-state index >= 15 is 0 Å². The lowest BCUT2D eigenvalue weighted by atomic mass is 10.1. The molecule has 1 N–H and O–H groups in total. The molecule has 2 aliphatic carbocycles. The quantitative estimate of drug-likeness (QED) is 0.0908. The third kappa shape index (κ3) is 8.03. The van der Waals surface area contributed by atoms with Gasteiger partial charge in [0.2, 0.25) is 9.67 Å². The summed E-state index contributed by atoms with van der Waals surface area (Å²) in [6, 6.07) is 33.4. The zero-order chi connectivity index (χ0) is 31.5. The van der Waals surface area contributed by atoms with Gasteiger partial charge in [-0.25, -0.2) is 9.59 Å². The van der Waals surface area contributed by atoms with Crippen LogP contribution in [0.3, 0.4) is 0 Å². The number of carboxylic acid groups (broad SMARTS) is 1. The number of ether oxygens (including phenoxy) is 1. The van der Waals surface area contributed by atoms with Crippen molar-refractivity contribution >= 4 is 64.1 Å². The number of aliphatic carboxylic acids is 1. The Morgan fingerprint density at radius 2 is 1.07 bits per heavy atom. The molecule has 0 spiro atoms. The first-order valence-corrected chi connectivity index (χ1v) is 14.3. The molecule has 7 nitrogen and oxygen atoms in total. The molecule has 0 fully saturated rings. The molecule has 2 aliphatic rings. The van der Waals surface area contributed by atoms with Crippen molar-refractivity contribution in [2.45, 2.75) is 22.7 Å². The van der Waals surface area contributed by atoms with Gasteiger partial charge in [0.05, 0.1) is 17.2 Å². The second-order valence-electron chi connectivity index (χ2n) is 8.69. The van der Waals surface area contributed by atoms with Crippen molar-refractivity contribution in [1.82, 2.24) is 0 Å². The number of halogens is 4. The number of nitriles is 1. The molecule has 0 amide bonds. The van der Waals surface area contributed by atoms with E-state index in [1.807, 2.05) is 97.1 Å². The summed E-state index contributed by atoms with van der Waals surface area (Å²) in [5.74, 6) is -1.84. The minimum absolute atomic E-state index is 0.431. The molecule has 43 heavy (non-hydrogen) atoms. The van der Waals surface area contributed by atoms with Crippen LogP contribution in [0.2, 0.25) is 0 Å². The molecule has 0 atom stereocenters. The van der Waals surface area contributed by atoms with Crippen molar-refractivity contribution in [2.75, 3.05) is 0 Å². The molecule has 218 valence electrons. The van der Waals surface area contributed by atoms with Crippen molar-refractivity contribution in [2.24, 2.45) is 0 Å². The topological polar surface area (TPSA) is 124 Å². The number of benzene rings is 4. The van der Waals surface area contributed by atoms with E-state index in [-0.39, 0.29) is 0 Å². The molecular formula is C32H23Cl4N3O4. The molecule has 4 aromatic rings. The van der Waals surface area contributed by atoms with E-state index in [0.29, 0.717) is 5.71 Å². The first-order chi connectivity index (χ1) is 20.7. The molecule has 6 rings (SSSR count). The molecule has 0 saturated heterocycles. The summed E-state index contributed by atoms with van der Waals surface area (Å²) in [6.45, 7) is 1.43. The number of hydrogen-bond donors (Lipinski definition) is 1. The van der Waals surface area contributed by atoms with Crippen LogP contribution in [-0.4, -0.2) is 37.2 Å². The predicted octanol–water partition coefficient (Wildman–Crippen LogP) is 8.24. The van der Waals surface area contributed by atoms with Crippen LogP contribution in [-0.2, 0) is 14.3 Å². The summed E-state index contributed by atoms with van der Waals surface area (Å²) in [7, 11) is 0. The van der Waals surface area contributed by atoms with E-state index in [9.17, 15) is 9.59 Å². The highest BCUT2D eigenvalue weighted by Gasteiger charge is 2.32. The Bertz CT molecular complexity index is 1620. The largest absolute Gasteiger partial charge is 0.479 e. The highest BCUT2D eigenvalue weighted by molar-refractivity contribution is 6.53. The monoisotopic (exact) mass is 653 g/mol. The van der Waals surface area contributed by atoms with E-state index in [1.54, 1.807) is 6.07 Å². The maximum absolute atomic E-state index is 11.6. The summed E-state index contributed by atoms with van der Waals surface area (Å²) in [5.41, 5.74) is 18.1. The second kappa shape index (κ2) is 15.9. The predicted molar refractivity (Wildman–Crippen MR) is 168 cm³/mol. The summed E-state index contributed by atoms with van der Waals surface area (Å²) in [6.07, 6.45) is -0.431. The SMILES string of the molecule is CC#N.O=C(O)C(Cl)Cl.O=C(OC1c2ccccc2-c2ccccc21)C(Cl)Cl.[N-]=[N+]=C1c2ccccc2-c2ccccc21. The number of alkyl halides is 4. The lowest BCUT2D eigenvalue weighted by Gasteiger charge is -2.15. The van der Waals surface area contributed by atoms with Gasteiger partial charge in [0.15, 0.2) is 6.10 Å². The number of carbonyl (C=O) groups is 2. The number of rotatable bonds is 3. The molecule has 0 radical (unpaired) electrons. The van der Waals surface area contributed by atoms with Crippen molar-refractivity contribution in [3.8, 4) is 28.3 Å². The van der Waals surface area contributed by atoms with Crippen LogP contribution in [0.25, 0.3) is 27.8 Å². The second-order valence-corrected chi connectivity index (χ2v) is 10.9. The number of carbonyl (C=O) groups excluding carboxylic acids is 1. The Morgan fingerprint density at radius 3 is 1.40 bits per heavy atom. The minimum Gasteiger partial charge on any atom is -0.479 e. The van der Waals surface area contributed by atoms with E-state index in [0.717, 1.165) is 44.5 Å². The van der Waals surface area contributed by atoms with Gasteiger partial charge in [0.25, 0.3) is 0 Å². The lowest BCUT2D eigenvalue weighted by Crippen LogP contribution is -2.16. The first-order valence-electron chi connectivity index (χ1n) is 12.6.